The Bertz CT molecular complexity index is 579. The highest BCUT2D eigenvalue weighted by atomic mass is 16.5. The highest BCUT2D eigenvalue weighted by Gasteiger charge is 2.05. The molecule has 0 aliphatic rings. The molecule has 0 saturated carbocycles. The molecule has 0 spiro atoms. The van der Waals surface area contributed by atoms with Crippen molar-refractivity contribution in [3.05, 3.63) is 36.4 Å². The zero-order valence-electron chi connectivity index (χ0n) is 12.6. The van der Waals surface area contributed by atoms with Crippen molar-refractivity contribution < 1.29 is 9.47 Å². The molecule has 0 aliphatic heterocycles. The van der Waals surface area contributed by atoms with Gasteiger partial charge in [0.2, 0.25) is 0 Å². The molecule has 2 rings (SSSR count). The third-order valence-electron chi connectivity index (χ3n) is 2.89. The van der Waals surface area contributed by atoms with E-state index in [1.165, 1.54) is 17.3 Å². The Balaban J connectivity index is 2.05. The van der Waals surface area contributed by atoms with E-state index in [0.29, 0.717) is 18.3 Å². The number of hydrogen-bond acceptors (Lipinski definition) is 5. The van der Waals surface area contributed by atoms with Crippen molar-refractivity contribution in [1.82, 2.24) is 14.9 Å². The van der Waals surface area contributed by atoms with Gasteiger partial charge in [-0.1, -0.05) is 13.8 Å². The van der Waals surface area contributed by atoms with E-state index in [2.05, 4.69) is 29.1 Å². The first-order valence-corrected chi connectivity index (χ1v) is 6.89. The molecule has 6 heteroatoms. The lowest BCUT2D eigenvalue weighted by Crippen LogP contribution is -2.03. The Hall–Kier alpha value is -2.37. The zero-order chi connectivity index (χ0) is 15.1. The minimum Gasteiger partial charge on any atom is -0.493 e. The second-order valence-corrected chi connectivity index (χ2v) is 5.03. The quantitative estimate of drug-likeness (QED) is 0.735. The van der Waals surface area contributed by atoms with Crippen LogP contribution >= 0.6 is 0 Å². The number of aromatic nitrogens is 3. The summed E-state index contributed by atoms with van der Waals surface area (Å²) >= 11 is 0. The average molecular weight is 288 g/mol. The lowest BCUT2D eigenvalue weighted by Gasteiger charge is -2.12. The first kappa shape index (κ1) is 15.0. The minimum atomic E-state index is 0.617. The number of methoxy groups -OCH3 is 1. The molecule has 6 nitrogen and oxygen atoms in total. The second-order valence-electron chi connectivity index (χ2n) is 5.03. The van der Waals surface area contributed by atoms with Gasteiger partial charge < -0.3 is 9.47 Å². The van der Waals surface area contributed by atoms with Crippen molar-refractivity contribution in [2.75, 3.05) is 13.7 Å². The Morgan fingerprint density at radius 3 is 2.67 bits per heavy atom. The molecule has 21 heavy (non-hydrogen) atoms. The van der Waals surface area contributed by atoms with E-state index >= 15 is 0 Å². The van der Waals surface area contributed by atoms with Gasteiger partial charge in [-0.3, -0.25) is 0 Å². The molecule has 112 valence electrons. The molecule has 0 amide bonds. The molecule has 2 aromatic rings. The molecule has 0 bridgehead atoms. The molecule has 1 aromatic heterocycles. The van der Waals surface area contributed by atoms with Gasteiger partial charge >= 0.3 is 0 Å². The van der Waals surface area contributed by atoms with Crippen molar-refractivity contribution in [2.24, 2.45) is 11.0 Å². The van der Waals surface area contributed by atoms with Crippen molar-refractivity contribution in [1.29, 1.82) is 0 Å². The summed E-state index contributed by atoms with van der Waals surface area (Å²) in [6.07, 6.45) is 5.78. The number of rotatable bonds is 7. The summed E-state index contributed by atoms with van der Waals surface area (Å²) in [5.74, 6) is 2.07. The van der Waals surface area contributed by atoms with Gasteiger partial charge in [0.15, 0.2) is 11.5 Å². The summed E-state index contributed by atoms with van der Waals surface area (Å²) in [5.41, 5.74) is 0.914. The monoisotopic (exact) mass is 288 g/mol. The van der Waals surface area contributed by atoms with E-state index in [9.17, 15) is 0 Å². The number of hydrogen-bond donors (Lipinski definition) is 0. The minimum absolute atomic E-state index is 0.617. The normalized spacial score (nSPS) is 11.2. The Morgan fingerprint density at radius 1 is 1.24 bits per heavy atom. The van der Waals surface area contributed by atoms with Crippen molar-refractivity contribution >= 4 is 6.21 Å². The van der Waals surface area contributed by atoms with Crippen LogP contribution < -0.4 is 9.47 Å². The maximum Gasteiger partial charge on any atom is 0.161 e. The molecule has 1 heterocycles. The molecular weight excluding hydrogens is 268 g/mol. The molecule has 0 aliphatic carbocycles. The van der Waals surface area contributed by atoms with Gasteiger partial charge in [-0.05, 0) is 36.1 Å². The highest BCUT2D eigenvalue weighted by molar-refractivity contribution is 5.80. The predicted molar refractivity (Wildman–Crippen MR) is 81.0 cm³/mol. The molecule has 0 atom stereocenters. The van der Waals surface area contributed by atoms with Crippen LogP contribution in [0.4, 0.5) is 0 Å². The topological polar surface area (TPSA) is 61.5 Å². The van der Waals surface area contributed by atoms with Gasteiger partial charge in [-0.2, -0.15) is 5.10 Å². The fraction of sp³-hybridized carbons (Fsp3) is 0.400. The first-order valence-electron chi connectivity index (χ1n) is 6.89. The fourth-order valence-corrected chi connectivity index (χ4v) is 1.68. The lowest BCUT2D eigenvalue weighted by molar-refractivity contribution is 0.273. The SMILES string of the molecule is COc1cc(/C=N/n2cnnc2)ccc1OCCC(C)C. The largest absolute Gasteiger partial charge is 0.493 e. The maximum absolute atomic E-state index is 5.75. The van der Waals surface area contributed by atoms with Crippen LogP contribution in [0.1, 0.15) is 25.8 Å². The number of ether oxygens (including phenoxy) is 2. The average Bonchev–Trinajstić information content (AvgIpc) is 2.99. The number of nitrogens with zero attached hydrogens (tertiary/aromatic N) is 4. The smallest absolute Gasteiger partial charge is 0.161 e. The van der Waals surface area contributed by atoms with Crippen LogP contribution in [0.15, 0.2) is 36.0 Å². The van der Waals surface area contributed by atoms with E-state index in [1.807, 2.05) is 18.2 Å². The van der Waals surface area contributed by atoms with Crippen molar-refractivity contribution in [3.8, 4) is 11.5 Å². The van der Waals surface area contributed by atoms with Crippen LogP contribution in [0, 0.1) is 5.92 Å². The maximum atomic E-state index is 5.75. The third-order valence-corrected chi connectivity index (χ3v) is 2.89. The van der Waals surface area contributed by atoms with Gasteiger partial charge in [0.25, 0.3) is 0 Å². The summed E-state index contributed by atoms with van der Waals surface area (Å²) in [7, 11) is 1.63. The predicted octanol–water partition coefficient (Wildman–Crippen LogP) is 2.59. The lowest BCUT2D eigenvalue weighted by atomic mass is 10.1. The van der Waals surface area contributed by atoms with Gasteiger partial charge in [-0.25, -0.2) is 4.68 Å². The van der Waals surface area contributed by atoms with Gasteiger partial charge in [0.05, 0.1) is 19.9 Å². The summed E-state index contributed by atoms with van der Waals surface area (Å²) in [6.45, 7) is 5.03. The van der Waals surface area contributed by atoms with Crippen LogP contribution in [-0.2, 0) is 0 Å². The molecule has 0 saturated heterocycles. The van der Waals surface area contributed by atoms with E-state index in [-0.39, 0.29) is 0 Å². The van der Waals surface area contributed by atoms with E-state index in [1.54, 1.807) is 13.3 Å². The van der Waals surface area contributed by atoms with Crippen molar-refractivity contribution in [2.45, 2.75) is 20.3 Å². The van der Waals surface area contributed by atoms with E-state index in [0.717, 1.165) is 17.7 Å². The van der Waals surface area contributed by atoms with Gasteiger partial charge in [-0.15, -0.1) is 10.2 Å². The fourth-order valence-electron chi connectivity index (χ4n) is 1.68. The van der Waals surface area contributed by atoms with Crippen LogP contribution in [0.3, 0.4) is 0 Å². The van der Waals surface area contributed by atoms with Crippen LogP contribution in [0.25, 0.3) is 0 Å². The summed E-state index contributed by atoms with van der Waals surface area (Å²) in [6, 6.07) is 5.71. The molecule has 0 fully saturated rings. The zero-order valence-corrected chi connectivity index (χ0v) is 12.6. The summed E-state index contributed by atoms with van der Waals surface area (Å²) < 4.78 is 12.6. The van der Waals surface area contributed by atoms with Crippen LogP contribution in [-0.4, -0.2) is 34.8 Å². The highest BCUT2D eigenvalue weighted by Crippen LogP contribution is 2.27. The Labute approximate surface area is 124 Å². The van der Waals surface area contributed by atoms with Crippen LogP contribution in [0.5, 0.6) is 11.5 Å². The molecule has 0 unspecified atom stereocenters. The Morgan fingerprint density at radius 2 is 2.00 bits per heavy atom. The molecular formula is C15H20N4O2. The van der Waals surface area contributed by atoms with E-state index in [4.69, 9.17) is 9.47 Å². The standard InChI is InChI=1S/C15H20N4O2/c1-12(2)6-7-21-14-5-4-13(8-15(14)20-3)9-18-19-10-16-17-11-19/h4-5,8-12H,6-7H2,1-3H3/b18-9+. The molecule has 1 aromatic carbocycles. The summed E-state index contributed by atoms with van der Waals surface area (Å²) in [4.78, 5) is 0. The van der Waals surface area contributed by atoms with Gasteiger partial charge in [0.1, 0.15) is 12.7 Å². The Kier molecular flexibility index (Phi) is 5.31. The third kappa shape index (κ3) is 4.59. The first-order chi connectivity index (χ1) is 10.2. The second kappa shape index (κ2) is 7.42. The van der Waals surface area contributed by atoms with Crippen LogP contribution in [0.2, 0.25) is 0 Å². The molecule has 0 radical (unpaired) electrons. The van der Waals surface area contributed by atoms with Crippen molar-refractivity contribution in [3.63, 3.8) is 0 Å². The number of benzene rings is 1. The molecule has 0 N–H and O–H groups in total. The van der Waals surface area contributed by atoms with E-state index < -0.39 is 0 Å². The van der Waals surface area contributed by atoms with Gasteiger partial charge in [0, 0.05) is 0 Å². The summed E-state index contributed by atoms with van der Waals surface area (Å²) in [5, 5.41) is 11.6.